The lowest BCUT2D eigenvalue weighted by molar-refractivity contribution is -0.152. The molecule has 0 radical (unpaired) electrons. The Morgan fingerprint density at radius 1 is 0.886 bits per heavy atom. The van der Waals surface area contributed by atoms with E-state index in [2.05, 4.69) is 0 Å². The van der Waals surface area contributed by atoms with Crippen LogP contribution in [0.3, 0.4) is 0 Å². The molecule has 35 heavy (non-hydrogen) atoms. The summed E-state index contributed by atoms with van der Waals surface area (Å²) in [4.78, 5) is 25.3. The van der Waals surface area contributed by atoms with Crippen LogP contribution in [0.4, 0.5) is 0 Å². The Morgan fingerprint density at radius 3 is 1.97 bits per heavy atom. The van der Waals surface area contributed by atoms with E-state index in [4.69, 9.17) is 38.9 Å². The molecule has 10 heteroatoms. The summed E-state index contributed by atoms with van der Waals surface area (Å²) in [6, 6.07) is 7.18. The first-order chi connectivity index (χ1) is 16.9. The Balaban J connectivity index is 1.99. The summed E-state index contributed by atoms with van der Waals surface area (Å²) in [5, 5.41) is 0. The average Bonchev–Trinajstić information content (AvgIpc) is 3.27. The second-order valence-corrected chi connectivity index (χ2v) is 8.21. The van der Waals surface area contributed by atoms with Gasteiger partial charge in [-0.15, -0.1) is 0 Å². The second kappa shape index (κ2) is 9.91. The molecule has 0 aromatic heterocycles. The lowest BCUT2D eigenvalue weighted by atomic mass is 9.66. The smallest absolute Gasteiger partial charge is 0.320 e. The summed E-state index contributed by atoms with van der Waals surface area (Å²) in [6.07, 6.45) is -0.754. The van der Waals surface area contributed by atoms with Crippen LogP contribution in [-0.2, 0) is 19.1 Å². The summed E-state index contributed by atoms with van der Waals surface area (Å²) in [6.45, 7) is -0.192. The van der Waals surface area contributed by atoms with Crippen LogP contribution in [0, 0.1) is 11.8 Å². The minimum atomic E-state index is -0.754. The highest BCUT2D eigenvalue weighted by atomic mass is 16.6. The highest BCUT2D eigenvalue weighted by Gasteiger charge is 2.54. The van der Waals surface area contributed by atoms with Crippen LogP contribution in [-0.4, -0.2) is 60.6 Å². The highest BCUT2D eigenvalue weighted by molar-refractivity contribution is 5.79. The largest absolute Gasteiger partial charge is 0.493 e. The lowest BCUT2D eigenvalue weighted by Gasteiger charge is -2.39. The van der Waals surface area contributed by atoms with Gasteiger partial charge < -0.3 is 38.9 Å². The van der Waals surface area contributed by atoms with Crippen molar-refractivity contribution >= 4 is 11.9 Å². The van der Waals surface area contributed by atoms with Crippen molar-refractivity contribution < 1.29 is 42.7 Å². The molecule has 2 aromatic carbocycles. The molecular weight excluding hydrogens is 458 g/mol. The van der Waals surface area contributed by atoms with Crippen molar-refractivity contribution in [2.75, 3.05) is 48.7 Å². The maximum absolute atomic E-state index is 13.1. The van der Waals surface area contributed by atoms with E-state index >= 15 is 0 Å². The van der Waals surface area contributed by atoms with Crippen LogP contribution >= 0.6 is 0 Å². The number of cyclic esters (lactones) is 1. The van der Waals surface area contributed by atoms with Crippen molar-refractivity contribution in [3.8, 4) is 28.7 Å². The first-order valence-electron chi connectivity index (χ1n) is 11.0. The van der Waals surface area contributed by atoms with Gasteiger partial charge in [-0.05, 0) is 35.4 Å². The summed E-state index contributed by atoms with van der Waals surface area (Å²) < 4.78 is 38.9. The van der Waals surface area contributed by atoms with E-state index in [1.807, 2.05) is 0 Å². The minimum absolute atomic E-state index is 0.0979. The molecular formula is C25H29NO9. The van der Waals surface area contributed by atoms with Gasteiger partial charge in [0.2, 0.25) is 5.75 Å². The Morgan fingerprint density at radius 2 is 1.46 bits per heavy atom. The van der Waals surface area contributed by atoms with Gasteiger partial charge in [0.25, 0.3) is 0 Å². The fraction of sp³-hybridized carbons (Fsp3) is 0.440. The van der Waals surface area contributed by atoms with Crippen LogP contribution < -0.4 is 29.4 Å². The molecule has 1 aliphatic carbocycles. The Kier molecular flexibility index (Phi) is 6.93. The van der Waals surface area contributed by atoms with Crippen molar-refractivity contribution in [2.45, 2.75) is 12.0 Å². The van der Waals surface area contributed by atoms with Crippen LogP contribution in [0.25, 0.3) is 0 Å². The van der Waals surface area contributed by atoms with Gasteiger partial charge in [-0.1, -0.05) is 0 Å². The number of methoxy groups -OCH3 is 5. The molecule has 1 fully saturated rings. The molecule has 0 bridgehead atoms. The predicted octanol–water partition coefficient (Wildman–Crippen LogP) is 2.21. The molecule has 0 amide bonds. The van der Waals surface area contributed by atoms with Crippen LogP contribution in [0.2, 0.25) is 0 Å². The zero-order valence-electron chi connectivity index (χ0n) is 20.3. The molecule has 0 saturated carbocycles. The number of fused-ring (bicyclic) bond motifs is 2. The third-order valence-electron chi connectivity index (χ3n) is 6.60. The van der Waals surface area contributed by atoms with Gasteiger partial charge in [0.05, 0.1) is 54.6 Å². The first kappa shape index (κ1) is 24.5. The van der Waals surface area contributed by atoms with Gasteiger partial charge >= 0.3 is 11.9 Å². The number of rotatable bonds is 8. The third-order valence-corrected chi connectivity index (χ3v) is 6.60. The van der Waals surface area contributed by atoms with Gasteiger partial charge in [0, 0.05) is 17.4 Å². The van der Waals surface area contributed by atoms with Crippen molar-refractivity contribution in [1.82, 2.24) is 0 Å². The molecule has 0 unspecified atom stereocenters. The van der Waals surface area contributed by atoms with E-state index in [0.29, 0.717) is 34.3 Å². The monoisotopic (exact) mass is 487 g/mol. The molecule has 1 aliphatic heterocycles. The van der Waals surface area contributed by atoms with E-state index in [-0.39, 0.29) is 19.1 Å². The number of benzene rings is 2. The molecule has 2 aromatic rings. The van der Waals surface area contributed by atoms with E-state index in [0.717, 1.165) is 11.1 Å². The van der Waals surface area contributed by atoms with Crippen molar-refractivity contribution in [1.29, 1.82) is 0 Å². The van der Waals surface area contributed by atoms with E-state index in [1.54, 1.807) is 24.3 Å². The fourth-order valence-corrected chi connectivity index (χ4v) is 5.07. The number of nitrogens with two attached hydrogens (primary N) is 1. The van der Waals surface area contributed by atoms with Gasteiger partial charge in [-0.2, -0.15) is 0 Å². The third kappa shape index (κ3) is 4.07. The molecule has 188 valence electrons. The van der Waals surface area contributed by atoms with Crippen LogP contribution in [0.5, 0.6) is 28.7 Å². The Labute approximate surface area is 203 Å². The predicted molar refractivity (Wildman–Crippen MR) is 123 cm³/mol. The molecule has 0 spiro atoms. The topological polar surface area (TPSA) is 125 Å². The van der Waals surface area contributed by atoms with Crippen molar-refractivity contribution in [3.63, 3.8) is 0 Å². The van der Waals surface area contributed by atoms with E-state index < -0.39 is 29.8 Å². The van der Waals surface area contributed by atoms with Gasteiger partial charge in [0.15, 0.2) is 23.0 Å². The van der Waals surface area contributed by atoms with Crippen molar-refractivity contribution in [3.05, 3.63) is 41.0 Å². The molecule has 2 N–H and O–H groups in total. The SMILES string of the molecule is COc1cc2c(cc1OC)[C@@H](OC(=O)CN)[C@H]1COC(=O)[C@@H]1[C@@H]2c1cc(OC)c(OC)c(OC)c1. The summed E-state index contributed by atoms with van der Waals surface area (Å²) in [7, 11) is 7.63. The fourth-order valence-electron chi connectivity index (χ4n) is 5.07. The van der Waals surface area contributed by atoms with Crippen LogP contribution in [0.1, 0.15) is 28.7 Å². The quantitative estimate of drug-likeness (QED) is 0.554. The normalized spacial score (nSPS) is 22.4. The number of carbonyl (C=O) groups is 2. The number of carbonyl (C=O) groups excluding carboxylic acids is 2. The zero-order valence-corrected chi connectivity index (χ0v) is 20.3. The minimum Gasteiger partial charge on any atom is -0.493 e. The Hall–Kier alpha value is -3.66. The maximum atomic E-state index is 13.1. The zero-order chi connectivity index (χ0) is 25.3. The average molecular weight is 488 g/mol. The molecule has 1 heterocycles. The summed E-state index contributed by atoms with van der Waals surface area (Å²) in [5.41, 5.74) is 7.68. The second-order valence-electron chi connectivity index (χ2n) is 8.21. The molecule has 2 aliphatic rings. The number of hydrogen-bond donors (Lipinski definition) is 1. The molecule has 1 saturated heterocycles. The van der Waals surface area contributed by atoms with Gasteiger partial charge in [-0.25, -0.2) is 0 Å². The standard InChI is InChI=1S/C25H29NO9/c1-29-16-8-13-14(9-17(16)30-2)23(35-20(27)10-26)15-11-34-25(28)22(15)21(13)12-6-18(31-3)24(33-5)19(7-12)32-4/h6-9,15,21-23H,10-11,26H2,1-5H3/t15-,21+,22-,23+/m0/s1. The van der Waals surface area contributed by atoms with E-state index in [9.17, 15) is 9.59 Å². The summed E-state index contributed by atoms with van der Waals surface area (Å²) in [5.74, 6) is -0.264. The molecule has 4 rings (SSSR count). The van der Waals surface area contributed by atoms with Gasteiger partial charge in [-0.3, -0.25) is 9.59 Å². The lowest BCUT2D eigenvalue weighted by Crippen LogP contribution is -2.37. The molecule has 4 atom stereocenters. The van der Waals surface area contributed by atoms with Gasteiger partial charge in [0.1, 0.15) is 6.10 Å². The number of ether oxygens (including phenoxy) is 7. The number of hydrogen-bond acceptors (Lipinski definition) is 10. The van der Waals surface area contributed by atoms with E-state index in [1.165, 1.54) is 35.5 Å². The van der Waals surface area contributed by atoms with Crippen molar-refractivity contribution in [2.24, 2.45) is 17.6 Å². The highest BCUT2D eigenvalue weighted by Crippen LogP contribution is 2.56. The first-order valence-corrected chi connectivity index (χ1v) is 11.0. The summed E-state index contributed by atoms with van der Waals surface area (Å²) >= 11 is 0. The maximum Gasteiger partial charge on any atom is 0.320 e. The van der Waals surface area contributed by atoms with Crippen LogP contribution in [0.15, 0.2) is 24.3 Å². The number of esters is 2. The molecule has 10 nitrogen and oxygen atoms in total. The Bertz CT molecular complexity index is 1110.